The first-order valence-electron chi connectivity index (χ1n) is 6.43. The number of carbonyl (C=O) groups excluding carboxylic acids is 1. The van der Waals surface area contributed by atoms with E-state index in [1.165, 1.54) is 12.1 Å². The van der Waals surface area contributed by atoms with Gasteiger partial charge in [-0.1, -0.05) is 12.1 Å². The Kier molecular flexibility index (Phi) is 6.48. The van der Waals surface area contributed by atoms with E-state index in [-0.39, 0.29) is 30.9 Å². The van der Waals surface area contributed by atoms with Gasteiger partial charge in [-0.3, -0.25) is 4.79 Å². The normalized spacial score (nSPS) is 11.5. The number of alkyl halides is 3. The van der Waals surface area contributed by atoms with Gasteiger partial charge in [0.1, 0.15) is 12.4 Å². The Hall–Kier alpha value is -1.76. The van der Waals surface area contributed by atoms with Crippen molar-refractivity contribution in [2.75, 3.05) is 13.2 Å². The zero-order valence-electron chi connectivity index (χ0n) is 11.9. The molecule has 0 radical (unpaired) electrons. The molecule has 0 spiro atoms. The second-order valence-corrected chi connectivity index (χ2v) is 4.68. The van der Waals surface area contributed by atoms with Gasteiger partial charge in [-0.05, 0) is 31.5 Å². The van der Waals surface area contributed by atoms with Gasteiger partial charge in [0.15, 0.2) is 6.61 Å². The van der Waals surface area contributed by atoms with Crippen LogP contribution in [0, 0.1) is 0 Å². The number of nitrogens with one attached hydrogen (secondary N) is 1. The van der Waals surface area contributed by atoms with Crippen LogP contribution in [-0.4, -0.2) is 31.4 Å². The van der Waals surface area contributed by atoms with Crippen molar-refractivity contribution in [2.45, 2.75) is 32.7 Å². The van der Waals surface area contributed by atoms with Gasteiger partial charge in [-0.2, -0.15) is 13.2 Å². The Bertz CT molecular complexity index is 444. The topological polar surface area (TPSA) is 47.6 Å². The highest BCUT2D eigenvalue weighted by Crippen LogP contribution is 2.18. The number of rotatable bonds is 7. The van der Waals surface area contributed by atoms with Crippen molar-refractivity contribution in [3.8, 4) is 5.75 Å². The van der Waals surface area contributed by atoms with E-state index in [4.69, 9.17) is 4.74 Å². The van der Waals surface area contributed by atoms with Crippen LogP contribution in [-0.2, 0) is 16.1 Å². The zero-order chi connectivity index (χ0) is 15.9. The van der Waals surface area contributed by atoms with Gasteiger partial charge in [0.05, 0.1) is 6.10 Å². The van der Waals surface area contributed by atoms with E-state index in [0.717, 1.165) is 5.56 Å². The molecule has 0 unspecified atom stereocenters. The molecule has 0 heterocycles. The number of benzene rings is 1. The molecule has 0 saturated heterocycles. The van der Waals surface area contributed by atoms with Crippen molar-refractivity contribution >= 4 is 5.91 Å². The van der Waals surface area contributed by atoms with E-state index in [1.54, 1.807) is 12.1 Å². The molecule has 7 heteroatoms. The predicted octanol–water partition coefficient (Wildman–Crippen LogP) is 2.67. The highest BCUT2D eigenvalue weighted by molar-refractivity contribution is 5.77. The van der Waals surface area contributed by atoms with Gasteiger partial charge in [0, 0.05) is 6.54 Å². The second kappa shape index (κ2) is 7.87. The molecule has 1 N–H and O–H groups in total. The third-order valence-electron chi connectivity index (χ3n) is 2.36. The molecule has 1 aromatic rings. The molecular formula is C14H18F3NO3. The summed E-state index contributed by atoms with van der Waals surface area (Å²) in [6, 6.07) is 6.04. The number of halogens is 3. The third-order valence-corrected chi connectivity index (χ3v) is 2.36. The smallest absolute Gasteiger partial charge is 0.422 e. The lowest BCUT2D eigenvalue weighted by molar-refractivity contribution is -0.153. The summed E-state index contributed by atoms with van der Waals surface area (Å²) in [5.41, 5.74) is 0.757. The van der Waals surface area contributed by atoms with E-state index < -0.39 is 12.8 Å². The number of hydrogen-bond acceptors (Lipinski definition) is 3. The largest absolute Gasteiger partial charge is 0.484 e. The Morgan fingerprint density at radius 2 is 1.86 bits per heavy atom. The minimum absolute atomic E-state index is 0.0234. The molecule has 1 amide bonds. The van der Waals surface area contributed by atoms with Gasteiger partial charge in [-0.15, -0.1) is 0 Å². The average molecular weight is 305 g/mol. The van der Waals surface area contributed by atoms with E-state index in [9.17, 15) is 18.0 Å². The van der Waals surface area contributed by atoms with Crippen LogP contribution >= 0.6 is 0 Å². The van der Waals surface area contributed by atoms with Crippen molar-refractivity contribution in [1.82, 2.24) is 5.32 Å². The standard InChI is InChI=1S/C14H18F3NO3/c1-10(2)20-8-13(19)18-7-11-3-5-12(6-4-11)21-9-14(15,16)17/h3-6,10H,7-9H2,1-2H3,(H,18,19). The maximum Gasteiger partial charge on any atom is 0.422 e. The molecule has 0 aliphatic rings. The fraction of sp³-hybridized carbons (Fsp3) is 0.500. The molecule has 1 aromatic carbocycles. The monoisotopic (exact) mass is 305 g/mol. The molecule has 0 bridgehead atoms. The maximum absolute atomic E-state index is 12.0. The zero-order valence-corrected chi connectivity index (χ0v) is 11.9. The summed E-state index contributed by atoms with van der Waals surface area (Å²) in [4.78, 5) is 11.4. The average Bonchev–Trinajstić information content (AvgIpc) is 2.41. The van der Waals surface area contributed by atoms with E-state index in [0.29, 0.717) is 0 Å². The van der Waals surface area contributed by atoms with Crippen LogP contribution in [0.5, 0.6) is 5.75 Å². The minimum atomic E-state index is -4.36. The molecule has 0 aliphatic heterocycles. The summed E-state index contributed by atoms with van der Waals surface area (Å²) in [7, 11) is 0. The van der Waals surface area contributed by atoms with Crippen LogP contribution in [0.15, 0.2) is 24.3 Å². The summed E-state index contributed by atoms with van der Waals surface area (Å²) >= 11 is 0. The lowest BCUT2D eigenvalue weighted by atomic mass is 10.2. The van der Waals surface area contributed by atoms with Crippen LogP contribution in [0.3, 0.4) is 0 Å². The van der Waals surface area contributed by atoms with Crippen LogP contribution in [0.2, 0.25) is 0 Å². The predicted molar refractivity (Wildman–Crippen MR) is 70.9 cm³/mol. The SMILES string of the molecule is CC(C)OCC(=O)NCc1ccc(OCC(F)(F)F)cc1. The summed E-state index contributed by atoms with van der Waals surface area (Å²) < 4.78 is 45.6. The molecule has 0 aliphatic carbocycles. The van der Waals surface area contributed by atoms with E-state index in [2.05, 4.69) is 10.1 Å². The van der Waals surface area contributed by atoms with Crippen LogP contribution < -0.4 is 10.1 Å². The molecule has 21 heavy (non-hydrogen) atoms. The van der Waals surface area contributed by atoms with E-state index >= 15 is 0 Å². The Labute approximate surface area is 121 Å². The molecule has 118 valence electrons. The number of ether oxygens (including phenoxy) is 2. The molecule has 0 fully saturated rings. The summed E-state index contributed by atoms with van der Waals surface area (Å²) in [6.07, 6.45) is -4.39. The van der Waals surface area contributed by atoms with Crippen molar-refractivity contribution in [2.24, 2.45) is 0 Å². The first kappa shape index (κ1) is 17.3. The van der Waals surface area contributed by atoms with Gasteiger partial charge in [0.2, 0.25) is 5.91 Å². The van der Waals surface area contributed by atoms with Gasteiger partial charge in [-0.25, -0.2) is 0 Å². The number of hydrogen-bond donors (Lipinski definition) is 1. The Morgan fingerprint density at radius 1 is 1.24 bits per heavy atom. The minimum Gasteiger partial charge on any atom is -0.484 e. The van der Waals surface area contributed by atoms with Gasteiger partial charge in [0.25, 0.3) is 0 Å². The van der Waals surface area contributed by atoms with Crippen molar-refractivity contribution in [3.05, 3.63) is 29.8 Å². The Balaban J connectivity index is 2.35. The quantitative estimate of drug-likeness (QED) is 0.842. The highest BCUT2D eigenvalue weighted by Gasteiger charge is 2.28. The lowest BCUT2D eigenvalue weighted by Gasteiger charge is -2.10. The fourth-order valence-corrected chi connectivity index (χ4v) is 1.36. The van der Waals surface area contributed by atoms with Crippen LogP contribution in [0.1, 0.15) is 19.4 Å². The second-order valence-electron chi connectivity index (χ2n) is 4.68. The van der Waals surface area contributed by atoms with Crippen LogP contribution in [0.4, 0.5) is 13.2 Å². The maximum atomic E-state index is 12.0. The van der Waals surface area contributed by atoms with Crippen molar-refractivity contribution in [1.29, 1.82) is 0 Å². The van der Waals surface area contributed by atoms with Crippen molar-refractivity contribution in [3.63, 3.8) is 0 Å². The summed E-state index contributed by atoms with van der Waals surface area (Å²) in [5, 5.41) is 2.65. The molecule has 0 atom stereocenters. The van der Waals surface area contributed by atoms with Gasteiger partial charge < -0.3 is 14.8 Å². The van der Waals surface area contributed by atoms with E-state index in [1.807, 2.05) is 13.8 Å². The molecule has 0 saturated carbocycles. The van der Waals surface area contributed by atoms with Gasteiger partial charge >= 0.3 is 6.18 Å². The van der Waals surface area contributed by atoms with Crippen molar-refractivity contribution < 1.29 is 27.4 Å². The number of amides is 1. The lowest BCUT2D eigenvalue weighted by Crippen LogP contribution is -2.28. The first-order chi connectivity index (χ1) is 9.76. The molecule has 0 aromatic heterocycles. The summed E-state index contributed by atoms with van der Waals surface area (Å²) in [5.74, 6) is -0.119. The molecular weight excluding hydrogens is 287 g/mol. The Morgan fingerprint density at radius 3 is 2.38 bits per heavy atom. The fourth-order valence-electron chi connectivity index (χ4n) is 1.36. The van der Waals surface area contributed by atoms with Crippen LogP contribution in [0.25, 0.3) is 0 Å². The first-order valence-corrected chi connectivity index (χ1v) is 6.43. The summed E-state index contributed by atoms with van der Waals surface area (Å²) in [6.45, 7) is 2.58. The number of carbonyl (C=O) groups is 1. The molecule has 4 nitrogen and oxygen atoms in total. The highest BCUT2D eigenvalue weighted by atomic mass is 19.4. The molecule has 1 rings (SSSR count). The third kappa shape index (κ3) is 8.19.